The smallest absolute Gasteiger partial charge is 0.338 e. The van der Waals surface area contributed by atoms with Gasteiger partial charge in [-0.1, -0.05) is 29.8 Å². The largest absolute Gasteiger partial charge is 0.483 e. The van der Waals surface area contributed by atoms with Gasteiger partial charge < -0.3 is 9.84 Å². The average Bonchev–Trinajstić information content (AvgIpc) is 2.85. The molecule has 0 amide bonds. The Hall–Kier alpha value is -2.79. The third-order valence-corrected chi connectivity index (χ3v) is 4.30. The van der Waals surface area contributed by atoms with Crippen LogP contribution in [0.15, 0.2) is 42.5 Å². The van der Waals surface area contributed by atoms with Crippen molar-refractivity contribution in [2.24, 2.45) is 0 Å². The molecule has 1 aromatic heterocycles. The maximum atomic E-state index is 12.7. The highest BCUT2D eigenvalue weighted by Crippen LogP contribution is 2.26. The summed E-state index contributed by atoms with van der Waals surface area (Å²) in [5.74, 6) is -0.837. The first-order valence-electron chi connectivity index (χ1n) is 7.65. The molecule has 25 heavy (non-hydrogen) atoms. The van der Waals surface area contributed by atoms with Gasteiger partial charge in [-0.25, -0.2) is 4.79 Å². The normalized spacial score (nSPS) is 10.8. The van der Waals surface area contributed by atoms with Crippen molar-refractivity contribution in [3.05, 3.63) is 64.3 Å². The van der Waals surface area contributed by atoms with Crippen molar-refractivity contribution in [1.82, 2.24) is 4.57 Å². The number of carbonyl (C=O) groups is 2. The molecule has 0 fully saturated rings. The van der Waals surface area contributed by atoms with Gasteiger partial charge in [-0.05, 0) is 43.7 Å². The molecule has 128 valence electrons. The molecule has 0 aliphatic rings. The van der Waals surface area contributed by atoms with E-state index >= 15 is 0 Å². The van der Waals surface area contributed by atoms with Crippen molar-refractivity contribution >= 4 is 34.4 Å². The number of para-hydroxylation sites is 1. The minimum absolute atomic E-state index is 0.131. The Kier molecular flexibility index (Phi) is 4.51. The number of hydrogen-bond acceptors (Lipinski definition) is 3. The highest BCUT2D eigenvalue weighted by atomic mass is 35.5. The molecule has 0 atom stereocenters. The fourth-order valence-electron chi connectivity index (χ4n) is 2.94. The van der Waals surface area contributed by atoms with Gasteiger partial charge in [0.05, 0.1) is 11.1 Å². The van der Waals surface area contributed by atoms with E-state index in [0.717, 1.165) is 5.56 Å². The lowest BCUT2D eigenvalue weighted by molar-refractivity contribution is 0.0698. The van der Waals surface area contributed by atoms with Crippen LogP contribution in [0.1, 0.15) is 26.4 Å². The molecule has 6 heteroatoms. The Morgan fingerprint density at radius 2 is 1.88 bits per heavy atom. The minimum Gasteiger partial charge on any atom is -0.483 e. The number of carboxylic acid groups (broad SMARTS) is 1. The molecule has 3 aromatic rings. The van der Waals surface area contributed by atoms with E-state index in [1.54, 1.807) is 49.4 Å². The lowest BCUT2D eigenvalue weighted by atomic mass is 10.1. The third-order valence-electron chi connectivity index (χ3n) is 4.06. The quantitative estimate of drug-likeness (QED) is 0.754. The van der Waals surface area contributed by atoms with Crippen LogP contribution in [0.4, 0.5) is 0 Å². The number of aryl methyl sites for hydroxylation is 1. The zero-order valence-corrected chi connectivity index (χ0v) is 14.5. The monoisotopic (exact) mass is 357 g/mol. The second-order valence-electron chi connectivity index (χ2n) is 5.71. The molecule has 3 rings (SSSR count). The Morgan fingerprint density at radius 1 is 1.16 bits per heavy atom. The number of aromatic carboxylic acids is 1. The number of hydrogen-bond donors (Lipinski definition) is 1. The highest BCUT2D eigenvalue weighted by Gasteiger charge is 2.22. The van der Waals surface area contributed by atoms with Crippen LogP contribution in [0.2, 0.25) is 5.02 Å². The van der Waals surface area contributed by atoms with E-state index in [1.807, 2.05) is 6.92 Å². The maximum absolute atomic E-state index is 12.7. The lowest BCUT2D eigenvalue weighted by Gasteiger charge is -2.11. The van der Waals surface area contributed by atoms with Crippen LogP contribution in [0.3, 0.4) is 0 Å². The number of fused-ring (bicyclic) bond motifs is 1. The van der Waals surface area contributed by atoms with Crippen molar-refractivity contribution in [1.29, 1.82) is 0 Å². The summed E-state index contributed by atoms with van der Waals surface area (Å²) in [4.78, 5) is 24.2. The molecule has 5 nitrogen and oxygen atoms in total. The van der Waals surface area contributed by atoms with Gasteiger partial charge in [0.1, 0.15) is 5.75 Å². The van der Waals surface area contributed by atoms with Gasteiger partial charge >= 0.3 is 5.97 Å². The predicted octanol–water partition coefficient (Wildman–Crippen LogP) is 4.33. The Bertz CT molecular complexity index is 990. The van der Waals surface area contributed by atoms with Gasteiger partial charge in [-0.2, -0.15) is 0 Å². The third kappa shape index (κ3) is 3.10. The van der Waals surface area contributed by atoms with Gasteiger partial charge in [0.2, 0.25) is 0 Å². The molecule has 0 radical (unpaired) electrons. The fraction of sp³-hybridized carbons (Fsp3) is 0.158. The summed E-state index contributed by atoms with van der Waals surface area (Å²) in [6, 6.07) is 12.1. The molecule has 0 saturated heterocycles. The summed E-state index contributed by atoms with van der Waals surface area (Å²) in [6.45, 7) is 3.25. The zero-order valence-electron chi connectivity index (χ0n) is 13.7. The van der Waals surface area contributed by atoms with Crippen molar-refractivity contribution in [2.75, 3.05) is 6.61 Å². The average molecular weight is 358 g/mol. The van der Waals surface area contributed by atoms with E-state index in [0.29, 0.717) is 27.4 Å². The summed E-state index contributed by atoms with van der Waals surface area (Å²) in [5, 5.41) is 10.6. The summed E-state index contributed by atoms with van der Waals surface area (Å²) in [7, 11) is 0. The van der Waals surface area contributed by atoms with E-state index in [9.17, 15) is 14.7 Å². The van der Waals surface area contributed by atoms with Crippen molar-refractivity contribution in [3.63, 3.8) is 0 Å². The van der Waals surface area contributed by atoms with Crippen LogP contribution in [0.25, 0.3) is 10.9 Å². The fourth-order valence-corrected chi connectivity index (χ4v) is 3.16. The van der Waals surface area contributed by atoms with Crippen molar-refractivity contribution in [2.45, 2.75) is 13.8 Å². The van der Waals surface area contributed by atoms with Crippen LogP contribution in [0.5, 0.6) is 5.75 Å². The Labute approximate surface area is 149 Å². The molecule has 0 aliphatic carbocycles. The molecule has 2 aromatic carbocycles. The number of rotatable bonds is 4. The molecule has 0 aliphatic heterocycles. The first-order chi connectivity index (χ1) is 11.9. The molecule has 1 heterocycles. The van der Waals surface area contributed by atoms with Crippen molar-refractivity contribution < 1.29 is 19.4 Å². The lowest BCUT2D eigenvalue weighted by Crippen LogP contribution is -2.21. The van der Waals surface area contributed by atoms with E-state index in [4.69, 9.17) is 16.3 Å². The zero-order chi connectivity index (χ0) is 18.1. The molecule has 0 bridgehead atoms. The van der Waals surface area contributed by atoms with E-state index in [1.165, 1.54) is 4.57 Å². The first kappa shape index (κ1) is 17.0. The number of carbonyl (C=O) groups excluding carboxylic acids is 1. The summed E-state index contributed by atoms with van der Waals surface area (Å²) in [6.07, 6.45) is 0. The number of aromatic nitrogens is 1. The van der Waals surface area contributed by atoms with Crippen molar-refractivity contribution in [3.8, 4) is 5.75 Å². The molecule has 0 unspecified atom stereocenters. The Balaban J connectivity index is 1.95. The SMILES string of the molecule is Cc1cc(Cl)ccc1OCC(=O)n1c(C)c(C(=O)O)c2ccccc21. The second-order valence-corrected chi connectivity index (χ2v) is 6.15. The van der Waals surface area contributed by atoms with E-state index < -0.39 is 5.97 Å². The van der Waals surface area contributed by atoms with Gasteiger partial charge in [-0.15, -0.1) is 0 Å². The van der Waals surface area contributed by atoms with Crippen LogP contribution >= 0.6 is 11.6 Å². The highest BCUT2D eigenvalue weighted by molar-refractivity contribution is 6.30. The first-order valence-corrected chi connectivity index (χ1v) is 8.03. The molecule has 0 saturated carbocycles. The van der Waals surface area contributed by atoms with Gasteiger partial charge in [0.15, 0.2) is 6.61 Å². The molecular formula is C19H16ClNO4. The van der Waals surface area contributed by atoms with Crippen LogP contribution < -0.4 is 4.74 Å². The minimum atomic E-state index is -1.06. The second kappa shape index (κ2) is 6.61. The maximum Gasteiger partial charge on any atom is 0.338 e. The van der Waals surface area contributed by atoms with Gasteiger partial charge in [0, 0.05) is 16.1 Å². The molecule has 0 spiro atoms. The van der Waals surface area contributed by atoms with Gasteiger partial charge in [0.25, 0.3) is 5.91 Å². The number of ether oxygens (including phenoxy) is 1. The summed E-state index contributed by atoms with van der Waals surface area (Å²) >= 11 is 5.91. The standard InChI is InChI=1S/C19H16ClNO4/c1-11-9-13(20)7-8-16(11)25-10-17(22)21-12(2)18(19(23)24)14-5-3-4-6-15(14)21/h3-9H,10H2,1-2H3,(H,23,24). The Morgan fingerprint density at radius 3 is 2.56 bits per heavy atom. The molecular weight excluding hydrogens is 342 g/mol. The number of benzene rings is 2. The number of carboxylic acids is 1. The summed E-state index contributed by atoms with van der Waals surface area (Å²) in [5.41, 5.74) is 1.89. The van der Waals surface area contributed by atoms with E-state index in [2.05, 4.69) is 0 Å². The molecule has 1 N–H and O–H groups in total. The van der Waals surface area contributed by atoms with E-state index in [-0.39, 0.29) is 18.1 Å². The van der Waals surface area contributed by atoms with Crippen LogP contribution in [0, 0.1) is 13.8 Å². The van der Waals surface area contributed by atoms with Crippen LogP contribution in [-0.2, 0) is 0 Å². The number of nitrogens with zero attached hydrogens (tertiary/aromatic N) is 1. The van der Waals surface area contributed by atoms with Gasteiger partial charge in [-0.3, -0.25) is 9.36 Å². The summed E-state index contributed by atoms with van der Waals surface area (Å²) < 4.78 is 7.00. The topological polar surface area (TPSA) is 68.5 Å². The number of halogens is 1. The predicted molar refractivity (Wildman–Crippen MR) is 95.9 cm³/mol. The van der Waals surface area contributed by atoms with Crippen LogP contribution in [-0.4, -0.2) is 28.2 Å².